The summed E-state index contributed by atoms with van der Waals surface area (Å²) in [7, 11) is 0. The van der Waals surface area contributed by atoms with E-state index in [1.54, 1.807) is 16.7 Å². The molecule has 0 aliphatic rings. The van der Waals surface area contributed by atoms with Crippen LogP contribution in [0.15, 0.2) is 29.4 Å². The molecule has 0 atom stereocenters. The highest BCUT2D eigenvalue weighted by molar-refractivity contribution is 7.98. The van der Waals surface area contributed by atoms with Crippen LogP contribution in [0.25, 0.3) is 5.69 Å². The van der Waals surface area contributed by atoms with Gasteiger partial charge < -0.3 is 5.11 Å². The fourth-order valence-electron chi connectivity index (χ4n) is 1.38. The number of hydrogen-bond donors (Lipinski definition) is 1. The Kier molecular flexibility index (Phi) is 3.21. The quantitative estimate of drug-likeness (QED) is 0.827. The molecule has 1 N–H and O–H groups in total. The van der Waals surface area contributed by atoms with Crippen molar-refractivity contribution in [2.75, 3.05) is 6.26 Å². The van der Waals surface area contributed by atoms with E-state index >= 15 is 0 Å². The number of hydrogen-bond acceptors (Lipinski definition) is 4. The van der Waals surface area contributed by atoms with Crippen LogP contribution in [-0.4, -0.2) is 26.1 Å². The number of thioether (sulfide) groups is 1. The Labute approximate surface area is 96.1 Å². The minimum absolute atomic E-state index is 0.203. The maximum Gasteiger partial charge on any atom is 0.195 e. The summed E-state index contributed by atoms with van der Waals surface area (Å²) in [5, 5.41) is 17.6. The summed E-state index contributed by atoms with van der Waals surface area (Å²) in [6, 6.07) is 5.97. The molecule has 1 aromatic carbocycles. The van der Waals surface area contributed by atoms with Gasteiger partial charge in [-0.2, -0.15) is 0 Å². The predicted molar refractivity (Wildman–Crippen MR) is 59.0 cm³/mol. The van der Waals surface area contributed by atoms with Crippen molar-refractivity contribution in [3.63, 3.8) is 0 Å². The molecule has 0 bridgehead atoms. The van der Waals surface area contributed by atoms with Crippen molar-refractivity contribution in [2.24, 2.45) is 0 Å². The van der Waals surface area contributed by atoms with Crippen LogP contribution in [0, 0.1) is 5.82 Å². The summed E-state index contributed by atoms with van der Waals surface area (Å²) in [5.41, 5.74) is 0.736. The maximum atomic E-state index is 12.8. The van der Waals surface area contributed by atoms with Crippen LogP contribution < -0.4 is 0 Å². The first-order valence-electron chi connectivity index (χ1n) is 4.61. The molecular weight excluding hydrogens is 229 g/mol. The lowest BCUT2D eigenvalue weighted by molar-refractivity contribution is 0.268. The monoisotopic (exact) mass is 239 g/mol. The summed E-state index contributed by atoms with van der Waals surface area (Å²) < 4.78 is 14.5. The lowest BCUT2D eigenvalue weighted by atomic mass is 10.3. The maximum absolute atomic E-state index is 12.8. The molecule has 1 aromatic heterocycles. The van der Waals surface area contributed by atoms with Gasteiger partial charge in [0, 0.05) is 5.69 Å². The van der Waals surface area contributed by atoms with Gasteiger partial charge in [-0.05, 0) is 30.5 Å². The molecule has 16 heavy (non-hydrogen) atoms. The fraction of sp³-hybridized carbons (Fsp3) is 0.200. The van der Waals surface area contributed by atoms with Gasteiger partial charge in [0.1, 0.15) is 12.4 Å². The molecule has 0 saturated heterocycles. The Bertz CT molecular complexity index is 462. The third-order valence-electron chi connectivity index (χ3n) is 2.11. The largest absolute Gasteiger partial charge is 0.388 e. The normalized spacial score (nSPS) is 10.7. The minimum atomic E-state index is -0.298. The molecule has 0 aliphatic carbocycles. The summed E-state index contributed by atoms with van der Waals surface area (Å²) in [4.78, 5) is 0. The average Bonchev–Trinajstić information content (AvgIpc) is 2.73. The van der Waals surface area contributed by atoms with Crippen LogP contribution in [0.2, 0.25) is 0 Å². The van der Waals surface area contributed by atoms with Crippen molar-refractivity contribution in [1.29, 1.82) is 0 Å². The molecule has 0 spiro atoms. The van der Waals surface area contributed by atoms with Crippen LogP contribution in [-0.2, 0) is 6.61 Å². The Morgan fingerprint density at radius 3 is 2.56 bits per heavy atom. The first kappa shape index (κ1) is 11.1. The third-order valence-corrected chi connectivity index (χ3v) is 2.74. The van der Waals surface area contributed by atoms with Gasteiger partial charge in [-0.1, -0.05) is 11.8 Å². The SMILES string of the molecule is CSc1nnc(CO)n1-c1ccc(F)cc1. The number of aliphatic hydroxyl groups is 1. The van der Waals surface area contributed by atoms with Gasteiger partial charge >= 0.3 is 0 Å². The van der Waals surface area contributed by atoms with E-state index < -0.39 is 0 Å². The zero-order chi connectivity index (χ0) is 11.5. The summed E-state index contributed by atoms with van der Waals surface area (Å²) in [6.07, 6.45) is 1.87. The standard InChI is InChI=1S/C10H10FN3OS/c1-16-10-13-12-9(6-15)14(10)8-4-2-7(11)3-5-8/h2-5,15H,6H2,1H3. The molecule has 2 aromatic rings. The Morgan fingerprint density at radius 2 is 2.00 bits per heavy atom. The van der Waals surface area contributed by atoms with Gasteiger partial charge in [-0.3, -0.25) is 4.57 Å². The molecule has 6 heteroatoms. The molecule has 0 aliphatic heterocycles. The molecule has 2 rings (SSSR count). The first-order chi connectivity index (χ1) is 7.76. The van der Waals surface area contributed by atoms with Gasteiger partial charge in [0.15, 0.2) is 11.0 Å². The van der Waals surface area contributed by atoms with E-state index in [0.29, 0.717) is 11.0 Å². The molecule has 84 valence electrons. The lowest BCUT2D eigenvalue weighted by Gasteiger charge is -2.07. The number of aromatic nitrogens is 3. The van der Waals surface area contributed by atoms with Crippen molar-refractivity contribution in [3.05, 3.63) is 35.9 Å². The van der Waals surface area contributed by atoms with Crippen LogP contribution in [0.5, 0.6) is 0 Å². The average molecular weight is 239 g/mol. The number of nitrogens with zero attached hydrogens (tertiary/aromatic N) is 3. The number of aliphatic hydroxyl groups excluding tert-OH is 1. The van der Waals surface area contributed by atoms with Crippen molar-refractivity contribution in [1.82, 2.24) is 14.8 Å². The lowest BCUT2D eigenvalue weighted by Crippen LogP contribution is -2.02. The van der Waals surface area contributed by atoms with Crippen molar-refractivity contribution in [2.45, 2.75) is 11.8 Å². The highest BCUT2D eigenvalue weighted by Gasteiger charge is 2.11. The fourth-order valence-corrected chi connectivity index (χ4v) is 1.90. The summed E-state index contributed by atoms with van der Waals surface area (Å²) in [5.74, 6) is 0.143. The second-order valence-electron chi connectivity index (χ2n) is 3.07. The van der Waals surface area contributed by atoms with Crippen LogP contribution in [0.3, 0.4) is 0 Å². The van der Waals surface area contributed by atoms with Crippen LogP contribution in [0.4, 0.5) is 4.39 Å². The molecule has 1 heterocycles. The van der Waals surface area contributed by atoms with Gasteiger partial charge in [-0.15, -0.1) is 10.2 Å². The minimum Gasteiger partial charge on any atom is -0.388 e. The summed E-state index contributed by atoms with van der Waals surface area (Å²) >= 11 is 1.42. The van der Waals surface area contributed by atoms with E-state index in [1.165, 1.54) is 23.9 Å². The van der Waals surface area contributed by atoms with E-state index in [0.717, 1.165) is 5.69 Å². The molecule has 0 radical (unpaired) electrons. The van der Waals surface area contributed by atoms with E-state index in [-0.39, 0.29) is 12.4 Å². The van der Waals surface area contributed by atoms with Crippen molar-refractivity contribution in [3.8, 4) is 5.69 Å². The van der Waals surface area contributed by atoms with E-state index in [4.69, 9.17) is 5.11 Å². The number of halogens is 1. The molecule has 4 nitrogen and oxygen atoms in total. The number of benzene rings is 1. The second-order valence-corrected chi connectivity index (χ2v) is 3.85. The molecule has 0 amide bonds. The number of rotatable bonds is 3. The van der Waals surface area contributed by atoms with Gasteiger partial charge in [0.25, 0.3) is 0 Å². The van der Waals surface area contributed by atoms with Gasteiger partial charge in [-0.25, -0.2) is 4.39 Å². The van der Waals surface area contributed by atoms with Gasteiger partial charge in [0.2, 0.25) is 0 Å². The zero-order valence-corrected chi connectivity index (χ0v) is 9.41. The topological polar surface area (TPSA) is 50.9 Å². The Morgan fingerprint density at radius 1 is 1.31 bits per heavy atom. The van der Waals surface area contributed by atoms with E-state index in [9.17, 15) is 4.39 Å². The third kappa shape index (κ3) is 1.94. The smallest absolute Gasteiger partial charge is 0.195 e. The molecule has 0 fully saturated rings. The van der Waals surface area contributed by atoms with Crippen LogP contribution >= 0.6 is 11.8 Å². The molecule has 0 saturated carbocycles. The summed E-state index contributed by atoms with van der Waals surface area (Å²) in [6.45, 7) is -0.203. The Hall–Kier alpha value is -1.40. The Balaban J connectivity index is 2.52. The molecular formula is C10H10FN3OS. The highest BCUT2D eigenvalue weighted by Crippen LogP contribution is 2.20. The van der Waals surface area contributed by atoms with E-state index in [2.05, 4.69) is 10.2 Å². The molecule has 0 unspecified atom stereocenters. The van der Waals surface area contributed by atoms with Gasteiger partial charge in [0.05, 0.1) is 0 Å². The van der Waals surface area contributed by atoms with Crippen molar-refractivity contribution < 1.29 is 9.50 Å². The van der Waals surface area contributed by atoms with Crippen LogP contribution in [0.1, 0.15) is 5.82 Å². The first-order valence-corrected chi connectivity index (χ1v) is 5.84. The highest BCUT2D eigenvalue weighted by atomic mass is 32.2. The van der Waals surface area contributed by atoms with E-state index in [1.807, 2.05) is 6.26 Å². The zero-order valence-electron chi connectivity index (χ0n) is 8.59. The second kappa shape index (κ2) is 4.63. The predicted octanol–water partition coefficient (Wildman–Crippen LogP) is 1.62. The van der Waals surface area contributed by atoms with Crippen molar-refractivity contribution >= 4 is 11.8 Å².